The molecule has 0 unspecified atom stereocenters. The van der Waals surface area contributed by atoms with Crippen molar-refractivity contribution in [1.82, 2.24) is 0 Å². The van der Waals surface area contributed by atoms with Crippen molar-refractivity contribution in [3.8, 4) is 0 Å². The molecule has 1 heterocycles. The maximum atomic E-state index is 11.8. The van der Waals surface area contributed by atoms with E-state index in [0.29, 0.717) is 17.0 Å². The van der Waals surface area contributed by atoms with Crippen molar-refractivity contribution in [2.45, 2.75) is 43.6 Å². The average molecular weight is 210 g/mol. The van der Waals surface area contributed by atoms with Gasteiger partial charge in [-0.1, -0.05) is 26.8 Å². The van der Waals surface area contributed by atoms with Crippen LogP contribution in [-0.2, 0) is 4.79 Å². The Morgan fingerprint density at radius 1 is 1.50 bits per heavy atom. The van der Waals surface area contributed by atoms with Gasteiger partial charge < -0.3 is 0 Å². The van der Waals surface area contributed by atoms with Crippen LogP contribution in [0.15, 0.2) is 12.7 Å². The second kappa shape index (κ2) is 2.88. The van der Waals surface area contributed by atoms with Crippen molar-refractivity contribution in [2.75, 3.05) is 0 Å². The molecule has 1 nitrogen and oxygen atoms in total. The van der Waals surface area contributed by atoms with Crippen LogP contribution in [0.4, 0.5) is 0 Å². The average Bonchev–Trinajstić information content (AvgIpc) is 2.07. The molecular weight excluding hydrogens is 192 g/mol. The number of ketones is 1. The monoisotopic (exact) mass is 210 g/mol. The van der Waals surface area contributed by atoms with Crippen LogP contribution in [0.2, 0.25) is 0 Å². The Hall–Kier alpha value is -0.240. The van der Waals surface area contributed by atoms with Crippen LogP contribution in [-0.4, -0.2) is 15.8 Å². The molecule has 2 heteroatoms. The van der Waals surface area contributed by atoms with Crippen LogP contribution in [0, 0.1) is 11.3 Å². The molecule has 2 aliphatic rings. The number of hydrogen-bond acceptors (Lipinski definition) is 2. The van der Waals surface area contributed by atoms with Gasteiger partial charge in [0, 0.05) is 22.3 Å². The number of carbonyl (C=O) groups excluding carboxylic acids is 1. The van der Waals surface area contributed by atoms with E-state index in [4.69, 9.17) is 0 Å². The number of Topliss-reactive ketones (excluding diaryl/α,β-unsaturated/α-hetero) is 1. The molecule has 2 rings (SSSR count). The third-order valence-corrected chi connectivity index (χ3v) is 5.50. The molecule has 1 aliphatic heterocycles. The molecule has 0 aromatic carbocycles. The summed E-state index contributed by atoms with van der Waals surface area (Å²) in [7, 11) is 0. The molecule has 1 saturated carbocycles. The lowest BCUT2D eigenvalue weighted by atomic mass is 9.60. The van der Waals surface area contributed by atoms with Crippen molar-refractivity contribution in [3.63, 3.8) is 0 Å². The lowest BCUT2D eigenvalue weighted by Gasteiger charge is -2.56. The summed E-state index contributed by atoms with van der Waals surface area (Å²) in [6.45, 7) is 10.5. The molecule has 0 spiro atoms. The zero-order chi connectivity index (χ0) is 10.6. The molecule has 0 aromatic heterocycles. The first-order chi connectivity index (χ1) is 6.38. The smallest absolute Gasteiger partial charge is 0.138 e. The Morgan fingerprint density at radius 2 is 2.14 bits per heavy atom. The van der Waals surface area contributed by atoms with Crippen LogP contribution in [0.3, 0.4) is 0 Å². The molecule has 78 valence electrons. The number of rotatable bonds is 1. The van der Waals surface area contributed by atoms with Gasteiger partial charge in [0.1, 0.15) is 5.78 Å². The van der Waals surface area contributed by atoms with Gasteiger partial charge in [0.05, 0.1) is 0 Å². The number of thioether (sulfide) groups is 1. The molecule has 1 saturated heterocycles. The van der Waals surface area contributed by atoms with Crippen LogP contribution in [0.25, 0.3) is 0 Å². The van der Waals surface area contributed by atoms with Gasteiger partial charge in [-0.2, -0.15) is 11.8 Å². The predicted octanol–water partition coefficient (Wildman–Crippen LogP) is 3.05. The Bertz CT molecular complexity index is 295. The van der Waals surface area contributed by atoms with E-state index in [1.165, 1.54) is 0 Å². The van der Waals surface area contributed by atoms with E-state index >= 15 is 0 Å². The Balaban J connectivity index is 2.21. The SMILES string of the molecule is C=C[C@]1(C)C[C@@H]2C(=O)CC(C)(C)S[C@H]21. The Kier molecular flexibility index (Phi) is 2.11. The zero-order valence-corrected chi connectivity index (χ0v) is 9.99. The molecule has 2 fully saturated rings. The van der Waals surface area contributed by atoms with Crippen molar-refractivity contribution >= 4 is 17.5 Å². The highest BCUT2D eigenvalue weighted by atomic mass is 32.2. The lowest BCUT2D eigenvalue weighted by molar-refractivity contribution is -0.129. The minimum absolute atomic E-state index is 0.128. The first kappa shape index (κ1) is 10.3. The fourth-order valence-corrected chi connectivity index (χ4v) is 4.42. The highest BCUT2D eigenvalue weighted by Gasteiger charge is 2.56. The number of allylic oxidation sites excluding steroid dienone is 1. The maximum absolute atomic E-state index is 11.8. The fraction of sp³-hybridized carbons (Fsp3) is 0.750. The van der Waals surface area contributed by atoms with Gasteiger partial charge in [0.2, 0.25) is 0 Å². The predicted molar refractivity (Wildman–Crippen MR) is 61.5 cm³/mol. The van der Waals surface area contributed by atoms with E-state index in [2.05, 4.69) is 27.4 Å². The molecule has 0 bridgehead atoms. The summed E-state index contributed by atoms with van der Waals surface area (Å²) in [6, 6.07) is 0. The molecular formula is C12H18OS. The first-order valence-corrected chi connectivity index (χ1v) is 6.10. The van der Waals surface area contributed by atoms with E-state index in [0.717, 1.165) is 12.8 Å². The molecule has 14 heavy (non-hydrogen) atoms. The summed E-state index contributed by atoms with van der Waals surface area (Å²) in [4.78, 5) is 11.8. The fourth-order valence-electron chi connectivity index (χ4n) is 2.63. The molecule has 3 atom stereocenters. The molecule has 0 N–H and O–H groups in total. The standard InChI is InChI=1S/C12H18OS/c1-5-12(4)6-8-9(13)7-11(2,3)14-10(8)12/h5,8,10H,1,6-7H2,2-4H3/t8-,10-,12-/m1/s1. The summed E-state index contributed by atoms with van der Waals surface area (Å²) in [5, 5.41) is 0.483. The highest BCUT2D eigenvalue weighted by Crippen LogP contribution is 2.60. The zero-order valence-electron chi connectivity index (χ0n) is 9.17. The van der Waals surface area contributed by atoms with Gasteiger partial charge in [0.15, 0.2) is 0 Å². The van der Waals surface area contributed by atoms with Crippen LogP contribution in [0.1, 0.15) is 33.6 Å². The second-order valence-corrected chi connectivity index (χ2v) is 7.31. The van der Waals surface area contributed by atoms with Gasteiger partial charge in [-0.05, 0) is 11.8 Å². The Morgan fingerprint density at radius 3 is 2.71 bits per heavy atom. The largest absolute Gasteiger partial charge is 0.299 e. The number of fused-ring (bicyclic) bond motifs is 1. The highest BCUT2D eigenvalue weighted by molar-refractivity contribution is 8.01. The van der Waals surface area contributed by atoms with E-state index in [1.807, 2.05) is 17.8 Å². The quantitative estimate of drug-likeness (QED) is 0.619. The van der Waals surface area contributed by atoms with E-state index in [1.54, 1.807) is 0 Å². The van der Waals surface area contributed by atoms with Gasteiger partial charge in [0.25, 0.3) is 0 Å². The lowest BCUT2D eigenvalue weighted by Crippen LogP contribution is -2.56. The van der Waals surface area contributed by atoms with Gasteiger partial charge in [-0.15, -0.1) is 6.58 Å². The van der Waals surface area contributed by atoms with E-state index in [9.17, 15) is 4.79 Å². The topological polar surface area (TPSA) is 17.1 Å². The second-order valence-electron chi connectivity index (χ2n) is 5.46. The normalized spacial score (nSPS) is 45.2. The van der Waals surface area contributed by atoms with Crippen LogP contribution < -0.4 is 0 Å². The van der Waals surface area contributed by atoms with Gasteiger partial charge in [-0.25, -0.2) is 0 Å². The summed E-state index contributed by atoms with van der Waals surface area (Å²) < 4.78 is 0.128. The Labute approximate surface area is 90.3 Å². The minimum Gasteiger partial charge on any atom is -0.299 e. The number of hydrogen-bond donors (Lipinski definition) is 0. The van der Waals surface area contributed by atoms with Crippen molar-refractivity contribution < 1.29 is 4.79 Å². The van der Waals surface area contributed by atoms with Crippen molar-refractivity contribution in [1.29, 1.82) is 0 Å². The van der Waals surface area contributed by atoms with Crippen LogP contribution >= 0.6 is 11.8 Å². The molecule has 0 aromatic rings. The summed E-state index contributed by atoms with van der Waals surface area (Å²) in [5.41, 5.74) is 0.197. The summed E-state index contributed by atoms with van der Waals surface area (Å²) in [5.74, 6) is 0.786. The number of carbonyl (C=O) groups is 1. The molecule has 1 aliphatic carbocycles. The third-order valence-electron chi connectivity index (χ3n) is 3.60. The van der Waals surface area contributed by atoms with Crippen molar-refractivity contribution in [3.05, 3.63) is 12.7 Å². The van der Waals surface area contributed by atoms with Gasteiger partial charge >= 0.3 is 0 Å². The summed E-state index contributed by atoms with van der Waals surface area (Å²) in [6.07, 6.45) is 3.80. The van der Waals surface area contributed by atoms with E-state index < -0.39 is 0 Å². The van der Waals surface area contributed by atoms with Gasteiger partial charge in [-0.3, -0.25) is 4.79 Å². The van der Waals surface area contributed by atoms with Crippen molar-refractivity contribution in [2.24, 2.45) is 11.3 Å². The first-order valence-electron chi connectivity index (χ1n) is 5.22. The van der Waals surface area contributed by atoms with E-state index in [-0.39, 0.29) is 10.2 Å². The summed E-state index contributed by atoms with van der Waals surface area (Å²) >= 11 is 1.98. The molecule has 0 amide bonds. The maximum Gasteiger partial charge on any atom is 0.138 e. The third kappa shape index (κ3) is 1.35. The minimum atomic E-state index is 0.128. The molecule has 0 radical (unpaired) electrons. The van der Waals surface area contributed by atoms with Crippen LogP contribution in [0.5, 0.6) is 0 Å².